The predicted octanol–water partition coefficient (Wildman–Crippen LogP) is 4.00. The minimum Gasteiger partial charge on any atom is -0.369 e. The van der Waals surface area contributed by atoms with Crippen LogP contribution in [0.3, 0.4) is 0 Å². The lowest BCUT2D eigenvalue weighted by atomic mass is 10.0. The quantitative estimate of drug-likeness (QED) is 0.306. The smallest absolute Gasteiger partial charge is 0.369 e. The van der Waals surface area contributed by atoms with Gasteiger partial charge in [-0.2, -0.15) is 31.4 Å². The van der Waals surface area contributed by atoms with E-state index in [4.69, 9.17) is 5.73 Å². The second kappa shape index (κ2) is 9.81. The molecule has 3 aromatic rings. The number of nitrogens with one attached hydrogen (secondary N) is 1. The lowest BCUT2D eigenvalue weighted by Gasteiger charge is -2.40. The van der Waals surface area contributed by atoms with Gasteiger partial charge in [-0.05, 0) is 49.2 Å². The van der Waals surface area contributed by atoms with Crippen LogP contribution in [-0.4, -0.2) is 62.4 Å². The molecule has 4 rings (SSSR count). The molecule has 1 aliphatic heterocycles. The number of H-pyrrole nitrogens is 1. The molecule has 4 N–H and O–H groups in total. The van der Waals surface area contributed by atoms with E-state index in [-0.39, 0.29) is 30.4 Å². The highest BCUT2D eigenvalue weighted by Crippen LogP contribution is 2.47. The van der Waals surface area contributed by atoms with E-state index in [0.717, 1.165) is 41.7 Å². The summed E-state index contributed by atoms with van der Waals surface area (Å²) in [5, 5.41) is 16.0. The Kier molecular flexibility index (Phi) is 7.22. The molecular formula is C21H20F6N6O2S2. The zero-order valence-corrected chi connectivity index (χ0v) is 20.6. The Hall–Kier alpha value is -2.82. The van der Waals surface area contributed by atoms with Gasteiger partial charge in [0, 0.05) is 36.9 Å². The van der Waals surface area contributed by atoms with E-state index < -0.39 is 40.1 Å². The maximum Gasteiger partial charge on any atom is 0.429 e. The van der Waals surface area contributed by atoms with E-state index in [1.165, 1.54) is 18.2 Å². The van der Waals surface area contributed by atoms with Gasteiger partial charge in [0.05, 0.1) is 14.6 Å². The molecule has 1 aromatic carbocycles. The fourth-order valence-electron chi connectivity index (χ4n) is 3.94. The molecule has 0 spiro atoms. The number of amides is 1. The second-order valence-corrected chi connectivity index (χ2v) is 10.7. The first-order valence-corrected chi connectivity index (χ1v) is 12.3. The van der Waals surface area contributed by atoms with Gasteiger partial charge in [-0.1, -0.05) is 0 Å². The number of thiophene rings is 1. The first-order chi connectivity index (χ1) is 17.2. The van der Waals surface area contributed by atoms with E-state index in [0.29, 0.717) is 10.8 Å². The maximum atomic E-state index is 13.8. The highest BCUT2D eigenvalue weighted by Gasteiger charge is 2.59. The Bertz CT molecular complexity index is 1270. The molecule has 16 heteroatoms. The first kappa shape index (κ1) is 27.2. The summed E-state index contributed by atoms with van der Waals surface area (Å²) >= 11 is 1.87. The zero-order chi connectivity index (χ0) is 27.2. The van der Waals surface area contributed by atoms with Crippen molar-refractivity contribution in [2.45, 2.75) is 35.1 Å². The number of hydrogen-bond donors (Lipinski definition) is 3. The molecule has 1 saturated heterocycles. The standard InChI is InChI=1S/C21H20F6N6O2S2/c1-11-9-32(14-3-2-12(17(28)34)8-13(14)20(22,23)24)6-7-33(11)37-16-5-4-15(36-16)19(35,21(25,26)27)18-29-10-30-31-18/h2-5,8,10-11,35H,6-7,9H2,1H3,(H2,28,34)(H,29,30,31). The molecule has 200 valence electrons. The normalized spacial score (nSPS) is 19.1. The molecule has 8 nitrogen and oxygen atoms in total. The van der Waals surface area contributed by atoms with Crippen LogP contribution in [0.2, 0.25) is 0 Å². The Morgan fingerprint density at radius 3 is 2.49 bits per heavy atom. The number of carbonyl (C=O) groups excluding carboxylic acids is 1. The average molecular weight is 567 g/mol. The summed E-state index contributed by atoms with van der Waals surface area (Å²) in [4.78, 5) is 16.0. The largest absolute Gasteiger partial charge is 0.429 e. The van der Waals surface area contributed by atoms with Crippen molar-refractivity contribution in [2.24, 2.45) is 5.73 Å². The molecule has 2 unspecified atom stereocenters. The second-order valence-electron chi connectivity index (χ2n) is 8.28. The van der Waals surface area contributed by atoms with Crippen molar-refractivity contribution in [1.82, 2.24) is 19.5 Å². The molecule has 2 atom stereocenters. The summed E-state index contributed by atoms with van der Waals surface area (Å²) in [6.45, 7) is 2.45. The molecule has 0 saturated carbocycles. The fraction of sp³-hybridized carbons (Fsp3) is 0.381. The third kappa shape index (κ3) is 5.28. The number of alkyl halides is 6. The zero-order valence-electron chi connectivity index (χ0n) is 19.0. The number of aromatic amines is 1. The first-order valence-electron chi connectivity index (χ1n) is 10.7. The number of piperazine rings is 1. The van der Waals surface area contributed by atoms with Crippen molar-refractivity contribution >= 4 is 34.9 Å². The number of primary amides is 1. The van der Waals surface area contributed by atoms with Crippen molar-refractivity contribution in [1.29, 1.82) is 0 Å². The summed E-state index contributed by atoms with van der Waals surface area (Å²) in [6, 6.07) is 5.47. The number of benzene rings is 1. The number of nitrogens with zero attached hydrogens (tertiary/aromatic N) is 4. The van der Waals surface area contributed by atoms with Crippen molar-refractivity contribution < 1.29 is 36.2 Å². The lowest BCUT2D eigenvalue weighted by Crippen LogP contribution is -2.49. The third-order valence-electron chi connectivity index (χ3n) is 5.81. The van der Waals surface area contributed by atoms with Crippen LogP contribution in [0.1, 0.15) is 33.5 Å². The van der Waals surface area contributed by atoms with Crippen molar-refractivity contribution in [3.63, 3.8) is 0 Å². The van der Waals surface area contributed by atoms with Crippen LogP contribution in [0.15, 0.2) is 40.9 Å². The highest BCUT2D eigenvalue weighted by atomic mass is 32.2. The monoisotopic (exact) mass is 566 g/mol. The van der Waals surface area contributed by atoms with E-state index in [1.54, 1.807) is 11.8 Å². The SMILES string of the molecule is CC1CN(c2ccc(C(N)=O)cc2C(F)(F)F)CCN1Sc1ccc(C(O)(c2ncn[nH]2)C(F)(F)F)s1. The van der Waals surface area contributed by atoms with Gasteiger partial charge in [0.15, 0.2) is 5.82 Å². The lowest BCUT2D eigenvalue weighted by molar-refractivity contribution is -0.249. The molecule has 3 heterocycles. The van der Waals surface area contributed by atoms with Gasteiger partial charge in [-0.25, -0.2) is 9.29 Å². The average Bonchev–Trinajstić information content (AvgIpc) is 3.51. The number of halogens is 6. The molecule has 1 aliphatic rings. The molecule has 1 amide bonds. The number of nitrogens with two attached hydrogens (primary N) is 1. The summed E-state index contributed by atoms with van der Waals surface area (Å²) in [5.41, 5.74) is 0.445. The topological polar surface area (TPSA) is 111 Å². The minimum atomic E-state index is -5.07. The van der Waals surface area contributed by atoms with Gasteiger partial charge in [-0.3, -0.25) is 9.89 Å². The molecule has 0 radical (unpaired) electrons. The number of carbonyl (C=O) groups is 1. The van der Waals surface area contributed by atoms with Gasteiger partial charge >= 0.3 is 12.4 Å². The Morgan fingerprint density at radius 1 is 1.19 bits per heavy atom. The number of rotatable bonds is 6. The number of aliphatic hydroxyl groups is 1. The Labute approximate surface area is 214 Å². The number of anilines is 1. The van der Waals surface area contributed by atoms with Crippen LogP contribution < -0.4 is 10.6 Å². The minimum absolute atomic E-state index is 0.0882. The van der Waals surface area contributed by atoms with Gasteiger partial charge in [-0.15, -0.1) is 11.3 Å². The number of hydrogen-bond acceptors (Lipinski definition) is 8. The van der Waals surface area contributed by atoms with Gasteiger partial charge < -0.3 is 15.7 Å². The predicted molar refractivity (Wildman–Crippen MR) is 124 cm³/mol. The summed E-state index contributed by atoms with van der Waals surface area (Å²) in [5.74, 6) is -1.73. The van der Waals surface area contributed by atoms with Crippen LogP contribution in [0, 0.1) is 0 Å². The van der Waals surface area contributed by atoms with Crippen LogP contribution in [-0.2, 0) is 11.8 Å². The van der Waals surface area contributed by atoms with Gasteiger partial charge in [0.2, 0.25) is 5.91 Å². The van der Waals surface area contributed by atoms with E-state index in [1.807, 2.05) is 4.31 Å². The molecular weight excluding hydrogens is 546 g/mol. The van der Waals surface area contributed by atoms with E-state index in [9.17, 15) is 36.2 Å². The van der Waals surface area contributed by atoms with E-state index in [2.05, 4.69) is 15.2 Å². The molecule has 1 fully saturated rings. The highest BCUT2D eigenvalue weighted by molar-refractivity contribution is 7.99. The van der Waals surface area contributed by atoms with Crippen molar-refractivity contribution in [2.75, 3.05) is 24.5 Å². The molecule has 37 heavy (non-hydrogen) atoms. The fourth-order valence-corrected chi connectivity index (χ4v) is 6.27. The van der Waals surface area contributed by atoms with Crippen LogP contribution in [0.5, 0.6) is 0 Å². The maximum absolute atomic E-state index is 13.8. The molecule has 2 aromatic heterocycles. The Morgan fingerprint density at radius 2 is 1.92 bits per heavy atom. The van der Waals surface area contributed by atoms with Crippen LogP contribution in [0.25, 0.3) is 0 Å². The Balaban J connectivity index is 1.51. The summed E-state index contributed by atoms with van der Waals surface area (Å²) in [6.07, 6.45) is -8.91. The third-order valence-corrected chi connectivity index (χ3v) is 8.36. The summed E-state index contributed by atoms with van der Waals surface area (Å²) in [7, 11) is 0. The van der Waals surface area contributed by atoms with E-state index >= 15 is 0 Å². The number of aromatic nitrogens is 3. The van der Waals surface area contributed by atoms with Crippen LogP contribution >= 0.6 is 23.3 Å². The molecule has 0 aliphatic carbocycles. The van der Waals surface area contributed by atoms with Crippen LogP contribution in [0.4, 0.5) is 32.0 Å². The van der Waals surface area contributed by atoms with Gasteiger partial charge in [0.1, 0.15) is 6.33 Å². The van der Waals surface area contributed by atoms with Crippen molar-refractivity contribution in [3.05, 3.63) is 58.5 Å². The van der Waals surface area contributed by atoms with Gasteiger partial charge in [0.25, 0.3) is 5.60 Å². The van der Waals surface area contributed by atoms with Crippen molar-refractivity contribution in [3.8, 4) is 0 Å². The molecule has 0 bridgehead atoms. The summed E-state index contributed by atoms with van der Waals surface area (Å²) < 4.78 is 84.8.